The molecule has 172 valence electrons. The van der Waals surface area contributed by atoms with Gasteiger partial charge in [0, 0.05) is 13.1 Å². The van der Waals surface area contributed by atoms with Gasteiger partial charge in [-0.15, -0.1) is 0 Å². The van der Waals surface area contributed by atoms with Crippen molar-refractivity contribution in [2.45, 2.75) is 12.8 Å². The zero-order chi connectivity index (χ0) is 23.0. The highest BCUT2D eigenvalue weighted by molar-refractivity contribution is 7.89. The third-order valence-electron chi connectivity index (χ3n) is 4.79. The largest absolute Gasteiger partial charge is 0.506 e. The Morgan fingerprint density at radius 2 is 1.81 bits per heavy atom. The number of carbonyl (C=O) groups excluding carboxylic acids is 1. The standard InChI is InChI=1S/C21H26N4O5S2/c26-17-7-6-16(20-19(17)25-21(28)31-20)9-11-23-18(27)14-24-32(29,30)13-12-22-10-8-15-4-2-1-3-5-15/h1-7,22,24,26H,8-14H2,(H,23,27)(H,25,28). The van der Waals surface area contributed by atoms with Crippen LogP contribution < -0.4 is 20.2 Å². The number of thiazole rings is 1. The second-order valence-electron chi connectivity index (χ2n) is 7.19. The lowest BCUT2D eigenvalue weighted by Crippen LogP contribution is -2.40. The molecule has 0 saturated heterocycles. The fraction of sp³-hybridized carbons (Fsp3) is 0.333. The van der Waals surface area contributed by atoms with Crippen molar-refractivity contribution in [3.05, 3.63) is 63.3 Å². The van der Waals surface area contributed by atoms with Crippen LogP contribution in [0.4, 0.5) is 0 Å². The number of carbonyl (C=O) groups is 1. The quantitative estimate of drug-likeness (QED) is 0.243. The van der Waals surface area contributed by atoms with Crippen molar-refractivity contribution < 1.29 is 18.3 Å². The number of H-pyrrole nitrogens is 1. The lowest BCUT2D eigenvalue weighted by atomic mass is 10.1. The molecule has 0 fully saturated rings. The summed E-state index contributed by atoms with van der Waals surface area (Å²) in [7, 11) is -3.57. The van der Waals surface area contributed by atoms with Gasteiger partial charge in [0.1, 0.15) is 11.3 Å². The van der Waals surface area contributed by atoms with E-state index in [1.54, 1.807) is 6.07 Å². The maximum absolute atomic E-state index is 12.1. The zero-order valence-electron chi connectivity index (χ0n) is 17.4. The van der Waals surface area contributed by atoms with Gasteiger partial charge < -0.3 is 20.7 Å². The molecular weight excluding hydrogens is 452 g/mol. The fourth-order valence-electron chi connectivity index (χ4n) is 3.13. The van der Waals surface area contributed by atoms with Crippen LogP contribution in [0.1, 0.15) is 11.1 Å². The number of amides is 1. The van der Waals surface area contributed by atoms with E-state index in [9.17, 15) is 23.1 Å². The summed E-state index contributed by atoms with van der Waals surface area (Å²) in [6.07, 6.45) is 1.25. The van der Waals surface area contributed by atoms with E-state index in [1.165, 1.54) is 11.6 Å². The first kappa shape index (κ1) is 23.9. The van der Waals surface area contributed by atoms with Crippen LogP contribution in [0.15, 0.2) is 47.3 Å². The number of hydrogen-bond acceptors (Lipinski definition) is 7. The van der Waals surface area contributed by atoms with E-state index in [0.717, 1.165) is 23.3 Å². The molecule has 0 aliphatic carbocycles. The Labute approximate surface area is 189 Å². The van der Waals surface area contributed by atoms with Gasteiger partial charge in [-0.3, -0.25) is 9.59 Å². The molecule has 0 atom stereocenters. The Hall–Kier alpha value is -2.73. The molecule has 0 spiro atoms. The van der Waals surface area contributed by atoms with Gasteiger partial charge in [-0.1, -0.05) is 47.7 Å². The zero-order valence-corrected chi connectivity index (χ0v) is 19.0. The van der Waals surface area contributed by atoms with Crippen LogP contribution in [0.5, 0.6) is 5.75 Å². The number of sulfonamides is 1. The number of phenolic OH excluding ortho intramolecular Hbond substituents is 1. The number of aromatic amines is 1. The highest BCUT2D eigenvalue weighted by Gasteiger charge is 2.13. The van der Waals surface area contributed by atoms with Crippen LogP contribution in [0.3, 0.4) is 0 Å². The smallest absolute Gasteiger partial charge is 0.305 e. The first-order chi connectivity index (χ1) is 15.3. The summed E-state index contributed by atoms with van der Waals surface area (Å²) in [6, 6.07) is 13.1. The number of aromatic nitrogens is 1. The van der Waals surface area contributed by atoms with Crippen molar-refractivity contribution in [1.82, 2.24) is 20.3 Å². The van der Waals surface area contributed by atoms with Crippen molar-refractivity contribution in [2.75, 3.05) is 31.9 Å². The third kappa shape index (κ3) is 7.16. The summed E-state index contributed by atoms with van der Waals surface area (Å²) in [5, 5.41) is 15.6. The van der Waals surface area contributed by atoms with E-state index < -0.39 is 15.9 Å². The summed E-state index contributed by atoms with van der Waals surface area (Å²) >= 11 is 0.994. The van der Waals surface area contributed by atoms with Gasteiger partial charge >= 0.3 is 4.87 Å². The Balaban J connectivity index is 1.34. The minimum atomic E-state index is -3.57. The highest BCUT2D eigenvalue weighted by Crippen LogP contribution is 2.27. The van der Waals surface area contributed by atoms with E-state index in [4.69, 9.17) is 0 Å². The van der Waals surface area contributed by atoms with Gasteiger partial charge in [0.25, 0.3) is 0 Å². The molecule has 0 radical (unpaired) electrons. The van der Waals surface area contributed by atoms with Crippen LogP contribution in [-0.4, -0.2) is 56.3 Å². The van der Waals surface area contributed by atoms with Crippen molar-refractivity contribution in [1.29, 1.82) is 0 Å². The minimum absolute atomic E-state index is 0.00454. The molecule has 9 nitrogen and oxygen atoms in total. The Morgan fingerprint density at radius 1 is 1.03 bits per heavy atom. The molecule has 1 heterocycles. The van der Waals surface area contributed by atoms with Gasteiger partial charge in [0.2, 0.25) is 15.9 Å². The highest BCUT2D eigenvalue weighted by atomic mass is 32.2. The minimum Gasteiger partial charge on any atom is -0.506 e. The number of rotatable bonds is 12. The maximum Gasteiger partial charge on any atom is 0.305 e. The molecular formula is C21H26N4O5S2. The monoisotopic (exact) mass is 478 g/mol. The topological polar surface area (TPSA) is 140 Å². The lowest BCUT2D eigenvalue weighted by Gasteiger charge is -2.09. The second kappa shape index (κ2) is 11.2. The molecule has 0 aliphatic heterocycles. The van der Waals surface area contributed by atoms with Crippen molar-refractivity contribution in [3.63, 3.8) is 0 Å². The molecule has 1 aromatic heterocycles. The van der Waals surface area contributed by atoms with Crippen molar-refractivity contribution in [2.24, 2.45) is 0 Å². The van der Waals surface area contributed by atoms with Crippen LogP contribution in [0.2, 0.25) is 0 Å². The number of nitrogens with one attached hydrogen (secondary N) is 4. The average Bonchev–Trinajstić information content (AvgIpc) is 3.17. The summed E-state index contributed by atoms with van der Waals surface area (Å²) in [5.41, 5.74) is 2.37. The van der Waals surface area contributed by atoms with E-state index in [0.29, 0.717) is 29.7 Å². The predicted octanol–water partition coefficient (Wildman–Crippen LogP) is 0.706. The summed E-state index contributed by atoms with van der Waals surface area (Å²) < 4.78 is 27.1. The molecule has 2 aromatic carbocycles. The third-order valence-corrected chi connectivity index (χ3v) is 7.07. The maximum atomic E-state index is 12.1. The molecule has 1 amide bonds. The Kier molecular flexibility index (Phi) is 8.39. The summed E-state index contributed by atoms with van der Waals surface area (Å²) in [5.74, 6) is -0.564. The molecule has 0 saturated carbocycles. The molecule has 5 N–H and O–H groups in total. The molecule has 0 unspecified atom stereocenters. The van der Waals surface area contributed by atoms with Crippen molar-refractivity contribution in [3.8, 4) is 5.75 Å². The molecule has 3 rings (SSSR count). The van der Waals surface area contributed by atoms with Gasteiger partial charge in [-0.2, -0.15) is 0 Å². The normalized spacial score (nSPS) is 11.6. The Bertz CT molecular complexity index is 1210. The number of phenols is 1. The van der Waals surface area contributed by atoms with Gasteiger partial charge in [0.05, 0.1) is 17.0 Å². The SMILES string of the molecule is O=C(CNS(=O)(=O)CCNCCc1ccccc1)NCCc1ccc(O)c2[nH]c(=O)sc12. The number of aromatic hydroxyl groups is 1. The van der Waals surface area contributed by atoms with Crippen LogP contribution in [-0.2, 0) is 27.7 Å². The molecule has 3 aromatic rings. The van der Waals surface area contributed by atoms with Gasteiger partial charge in [0.15, 0.2) is 0 Å². The van der Waals surface area contributed by atoms with E-state index in [-0.39, 0.29) is 29.5 Å². The van der Waals surface area contributed by atoms with Crippen LogP contribution >= 0.6 is 11.3 Å². The number of hydrogen-bond donors (Lipinski definition) is 5. The van der Waals surface area contributed by atoms with Gasteiger partial charge in [-0.25, -0.2) is 13.1 Å². The number of benzene rings is 2. The predicted molar refractivity (Wildman–Crippen MR) is 126 cm³/mol. The summed E-state index contributed by atoms with van der Waals surface area (Å²) in [6.45, 7) is 0.892. The van der Waals surface area contributed by atoms with E-state index in [1.807, 2.05) is 30.3 Å². The van der Waals surface area contributed by atoms with Crippen LogP contribution in [0, 0.1) is 0 Å². The molecule has 32 heavy (non-hydrogen) atoms. The Morgan fingerprint density at radius 3 is 2.59 bits per heavy atom. The van der Waals surface area contributed by atoms with E-state index in [2.05, 4.69) is 20.3 Å². The lowest BCUT2D eigenvalue weighted by molar-refractivity contribution is -0.119. The molecule has 11 heteroatoms. The first-order valence-corrected chi connectivity index (χ1v) is 12.6. The first-order valence-electron chi connectivity index (χ1n) is 10.2. The van der Waals surface area contributed by atoms with Crippen molar-refractivity contribution >= 4 is 37.5 Å². The second-order valence-corrected chi connectivity index (χ2v) is 10.1. The summed E-state index contributed by atoms with van der Waals surface area (Å²) in [4.78, 5) is 25.8. The van der Waals surface area contributed by atoms with Crippen LogP contribution in [0.25, 0.3) is 10.2 Å². The van der Waals surface area contributed by atoms with E-state index >= 15 is 0 Å². The average molecular weight is 479 g/mol. The molecule has 0 aliphatic rings. The van der Waals surface area contributed by atoms with Gasteiger partial charge in [-0.05, 0) is 36.6 Å². The fourth-order valence-corrected chi connectivity index (χ4v) is 4.93. The molecule has 0 bridgehead atoms. The number of fused-ring (bicyclic) bond motifs is 1.